The van der Waals surface area contributed by atoms with Crippen molar-refractivity contribution < 1.29 is 0 Å². The van der Waals surface area contributed by atoms with Crippen LogP contribution in [0.2, 0.25) is 0 Å². The molecule has 2 aromatic rings. The van der Waals surface area contributed by atoms with E-state index in [1.54, 1.807) is 18.0 Å². The second kappa shape index (κ2) is 4.31. The Hall–Kier alpha value is -0.550. The Kier molecular flexibility index (Phi) is 3.08. The highest BCUT2D eigenvalue weighted by atomic mass is 79.9. The zero-order valence-electron chi connectivity index (χ0n) is 7.77. The molecule has 0 aliphatic carbocycles. The number of hydrogen-bond acceptors (Lipinski definition) is 3. The van der Waals surface area contributed by atoms with Crippen LogP contribution in [0, 0.1) is 0 Å². The van der Waals surface area contributed by atoms with Gasteiger partial charge >= 0.3 is 0 Å². The molecule has 0 saturated heterocycles. The van der Waals surface area contributed by atoms with Crippen molar-refractivity contribution in [3.63, 3.8) is 0 Å². The standard InChI is InChI=1S/C9H10BrN3S/c1-2-5-14-9-8-11-3-4-13(8)6-7(10)12-9/h3-4,6H,2,5H2,1H3. The quantitative estimate of drug-likeness (QED) is 0.805. The minimum atomic E-state index is 0.849. The minimum absolute atomic E-state index is 0.849. The first-order chi connectivity index (χ1) is 6.81. The van der Waals surface area contributed by atoms with Gasteiger partial charge in [0.15, 0.2) is 5.65 Å². The molecule has 0 atom stereocenters. The molecule has 74 valence electrons. The van der Waals surface area contributed by atoms with Crippen LogP contribution >= 0.6 is 27.7 Å². The molecule has 0 aliphatic heterocycles. The Morgan fingerprint density at radius 2 is 2.43 bits per heavy atom. The van der Waals surface area contributed by atoms with Crippen molar-refractivity contribution in [2.45, 2.75) is 18.4 Å². The number of rotatable bonds is 3. The van der Waals surface area contributed by atoms with Gasteiger partial charge in [0.2, 0.25) is 0 Å². The van der Waals surface area contributed by atoms with Gasteiger partial charge in [-0.15, -0.1) is 11.8 Å². The predicted molar refractivity (Wildman–Crippen MR) is 61.7 cm³/mol. The number of fused-ring (bicyclic) bond motifs is 1. The fourth-order valence-electron chi connectivity index (χ4n) is 1.17. The van der Waals surface area contributed by atoms with Gasteiger partial charge in [-0.3, -0.25) is 0 Å². The van der Waals surface area contributed by atoms with Crippen molar-refractivity contribution in [3.05, 3.63) is 23.2 Å². The summed E-state index contributed by atoms with van der Waals surface area (Å²) in [6.45, 7) is 2.16. The third kappa shape index (κ3) is 1.93. The lowest BCUT2D eigenvalue weighted by Gasteiger charge is -2.02. The SMILES string of the molecule is CCCSc1nc(Br)cn2ccnc12. The molecule has 0 unspecified atom stereocenters. The zero-order valence-corrected chi connectivity index (χ0v) is 10.2. The van der Waals surface area contributed by atoms with Crippen LogP contribution in [0.1, 0.15) is 13.3 Å². The molecule has 14 heavy (non-hydrogen) atoms. The van der Waals surface area contributed by atoms with Crippen LogP contribution < -0.4 is 0 Å². The summed E-state index contributed by atoms with van der Waals surface area (Å²) in [5.74, 6) is 1.08. The lowest BCUT2D eigenvalue weighted by Crippen LogP contribution is -1.92. The molecular formula is C9H10BrN3S. The number of nitrogens with zero attached hydrogens (tertiary/aromatic N) is 3. The van der Waals surface area contributed by atoms with Crippen molar-refractivity contribution in [1.29, 1.82) is 0 Å². The van der Waals surface area contributed by atoms with E-state index in [0.717, 1.165) is 27.5 Å². The van der Waals surface area contributed by atoms with Crippen molar-refractivity contribution in [2.24, 2.45) is 0 Å². The van der Waals surface area contributed by atoms with E-state index < -0.39 is 0 Å². The first-order valence-corrected chi connectivity index (χ1v) is 6.21. The number of thioether (sulfide) groups is 1. The van der Waals surface area contributed by atoms with Crippen LogP contribution in [0.25, 0.3) is 5.65 Å². The topological polar surface area (TPSA) is 30.2 Å². The summed E-state index contributed by atoms with van der Waals surface area (Å²) in [7, 11) is 0. The van der Waals surface area contributed by atoms with Crippen LogP contribution in [-0.2, 0) is 0 Å². The Bertz CT molecular complexity index is 441. The zero-order chi connectivity index (χ0) is 9.97. The van der Waals surface area contributed by atoms with Gasteiger partial charge in [-0.1, -0.05) is 6.92 Å². The highest BCUT2D eigenvalue weighted by Crippen LogP contribution is 2.23. The maximum atomic E-state index is 4.41. The molecule has 2 aromatic heterocycles. The third-order valence-electron chi connectivity index (χ3n) is 1.76. The molecule has 0 spiro atoms. The normalized spacial score (nSPS) is 11.0. The molecule has 0 N–H and O–H groups in total. The summed E-state index contributed by atoms with van der Waals surface area (Å²) in [6.07, 6.45) is 6.78. The summed E-state index contributed by atoms with van der Waals surface area (Å²) < 4.78 is 2.83. The highest BCUT2D eigenvalue weighted by molar-refractivity contribution is 9.10. The summed E-state index contributed by atoms with van der Waals surface area (Å²) in [4.78, 5) is 8.68. The van der Waals surface area contributed by atoms with Crippen LogP contribution in [-0.4, -0.2) is 20.1 Å². The lowest BCUT2D eigenvalue weighted by atomic mass is 10.6. The van der Waals surface area contributed by atoms with E-state index in [4.69, 9.17) is 0 Å². The van der Waals surface area contributed by atoms with Gasteiger partial charge in [0.1, 0.15) is 9.63 Å². The van der Waals surface area contributed by atoms with Gasteiger partial charge in [0.05, 0.1) is 0 Å². The Labute approximate surface area is 95.1 Å². The second-order valence-electron chi connectivity index (χ2n) is 2.88. The maximum Gasteiger partial charge on any atom is 0.169 e. The van der Waals surface area contributed by atoms with Gasteiger partial charge in [-0.25, -0.2) is 9.97 Å². The van der Waals surface area contributed by atoms with Crippen LogP contribution in [0.5, 0.6) is 0 Å². The van der Waals surface area contributed by atoms with Crippen molar-refractivity contribution in [1.82, 2.24) is 14.4 Å². The van der Waals surface area contributed by atoms with E-state index in [1.807, 2.05) is 16.8 Å². The molecular weight excluding hydrogens is 262 g/mol. The number of halogens is 1. The Morgan fingerprint density at radius 1 is 1.57 bits per heavy atom. The van der Waals surface area contributed by atoms with E-state index in [2.05, 4.69) is 32.8 Å². The average molecular weight is 272 g/mol. The monoisotopic (exact) mass is 271 g/mol. The minimum Gasteiger partial charge on any atom is -0.302 e. The van der Waals surface area contributed by atoms with Gasteiger partial charge in [-0.05, 0) is 28.1 Å². The Morgan fingerprint density at radius 3 is 3.21 bits per heavy atom. The molecule has 0 saturated carbocycles. The van der Waals surface area contributed by atoms with Crippen LogP contribution in [0.4, 0.5) is 0 Å². The van der Waals surface area contributed by atoms with Crippen molar-refractivity contribution in [3.8, 4) is 0 Å². The summed E-state index contributed by atoms with van der Waals surface area (Å²) in [5.41, 5.74) is 0.937. The molecule has 0 amide bonds. The van der Waals surface area contributed by atoms with Crippen molar-refractivity contribution >= 4 is 33.3 Å². The van der Waals surface area contributed by atoms with E-state index in [0.29, 0.717) is 0 Å². The molecule has 2 heterocycles. The van der Waals surface area contributed by atoms with Crippen molar-refractivity contribution in [2.75, 3.05) is 5.75 Å². The van der Waals surface area contributed by atoms with E-state index >= 15 is 0 Å². The molecule has 0 bridgehead atoms. The van der Waals surface area contributed by atoms with Gasteiger partial charge in [0.25, 0.3) is 0 Å². The van der Waals surface area contributed by atoms with Crippen LogP contribution in [0.15, 0.2) is 28.2 Å². The predicted octanol–water partition coefficient (Wildman–Crippen LogP) is 2.99. The summed E-state index contributed by atoms with van der Waals surface area (Å²) in [5, 5.41) is 0.992. The lowest BCUT2D eigenvalue weighted by molar-refractivity contribution is 1.00. The number of imidazole rings is 1. The smallest absolute Gasteiger partial charge is 0.169 e. The highest BCUT2D eigenvalue weighted by Gasteiger charge is 2.05. The maximum absolute atomic E-state index is 4.41. The summed E-state index contributed by atoms with van der Waals surface area (Å²) in [6, 6.07) is 0. The largest absolute Gasteiger partial charge is 0.302 e. The molecule has 0 radical (unpaired) electrons. The molecule has 0 aliphatic rings. The van der Waals surface area contributed by atoms with E-state index in [-0.39, 0.29) is 0 Å². The van der Waals surface area contributed by atoms with Crippen LogP contribution in [0.3, 0.4) is 0 Å². The van der Waals surface area contributed by atoms with E-state index in [1.165, 1.54) is 0 Å². The fourth-order valence-corrected chi connectivity index (χ4v) is 2.53. The fraction of sp³-hybridized carbons (Fsp3) is 0.333. The van der Waals surface area contributed by atoms with Gasteiger partial charge in [-0.2, -0.15) is 0 Å². The van der Waals surface area contributed by atoms with E-state index in [9.17, 15) is 0 Å². The number of aromatic nitrogens is 3. The second-order valence-corrected chi connectivity index (χ2v) is 4.77. The van der Waals surface area contributed by atoms with Gasteiger partial charge < -0.3 is 4.40 Å². The first-order valence-electron chi connectivity index (χ1n) is 4.43. The molecule has 0 fully saturated rings. The third-order valence-corrected chi connectivity index (χ3v) is 3.30. The molecule has 2 rings (SSSR count). The Balaban J connectivity index is 2.44. The first kappa shape index (κ1) is 9.98. The average Bonchev–Trinajstić information content (AvgIpc) is 2.61. The number of hydrogen-bond donors (Lipinski definition) is 0. The van der Waals surface area contributed by atoms with Gasteiger partial charge in [0, 0.05) is 18.6 Å². The molecule has 5 heteroatoms. The molecule has 3 nitrogen and oxygen atoms in total. The molecule has 0 aromatic carbocycles. The summed E-state index contributed by atoms with van der Waals surface area (Å²) >= 11 is 5.13.